The highest BCUT2D eigenvalue weighted by Crippen LogP contribution is 2.38. The van der Waals surface area contributed by atoms with Gasteiger partial charge in [-0.05, 0) is 70.9 Å². The number of amides is 1. The van der Waals surface area contributed by atoms with Crippen LogP contribution in [0.3, 0.4) is 0 Å². The number of halogens is 4. The largest absolute Gasteiger partial charge is 0.503 e. The van der Waals surface area contributed by atoms with Crippen molar-refractivity contribution in [2.75, 3.05) is 11.6 Å². The van der Waals surface area contributed by atoms with Gasteiger partial charge < -0.3 is 14.9 Å². The monoisotopic (exact) mass is 498 g/mol. The molecule has 2 N–H and O–H groups in total. The van der Waals surface area contributed by atoms with Crippen LogP contribution < -0.4 is 9.75 Å². The van der Waals surface area contributed by atoms with Gasteiger partial charge in [0, 0.05) is 0 Å². The fourth-order valence-electron chi connectivity index (χ4n) is 2.78. The molecule has 0 unspecified atom stereocenters. The number of nitrogens with zero attached hydrogens (tertiary/aromatic N) is 2. The van der Waals surface area contributed by atoms with Crippen molar-refractivity contribution < 1.29 is 37.7 Å². The molecule has 0 spiro atoms. The van der Waals surface area contributed by atoms with Crippen LogP contribution in [0, 0.1) is 0 Å². The number of hydrazone groups is 1. The van der Waals surface area contributed by atoms with Gasteiger partial charge in [-0.3, -0.25) is 4.79 Å². The number of carboxylic acid groups (broad SMARTS) is 1. The maximum atomic E-state index is 13.6. The first-order valence-electron chi connectivity index (χ1n) is 8.74. The fourth-order valence-corrected chi connectivity index (χ4v) is 3.24. The number of aromatic carboxylic acids is 1. The number of ether oxygens (including phenoxy) is 1. The van der Waals surface area contributed by atoms with Crippen molar-refractivity contribution in [3.8, 4) is 11.5 Å². The van der Waals surface area contributed by atoms with Crippen LogP contribution in [0.25, 0.3) is 6.08 Å². The number of carboxylic acids is 1. The second-order valence-corrected chi connectivity index (χ2v) is 7.11. The zero-order valence-corrected chi connectivity index (χ0v) is 17.4. The van der Waals surface area contributed by atoms with E-state index < -0.39 is 29.3 Å². The molecule has 0 fully saturated rings. The summed E-state index contributed by atoms with van der Waals surface area (Å²) < 4.78 is 46.2. The third-order valence-electron chi connectivity index (χ3n) is 4.17. The van der Waals surface area contributed by atoms with E-state index in [9.17, 15) is 27.9 Å². The Morgan fingerprint density at radius 3 is 2.45 bits per heavy atom. The number of aromatic hydroxyl groups is 1. The molecule has 3 rings (SSSR count). The first kappa shape index (κ1) is 22.3. The summed E-state index contributed by atoms with van der Waals surface area (Å²) in [6.07, 6.45) is -3.93. The lowest BCUT2D eigenvalue weighted by atomic mass is 10.1. The van der Waals surface area contributed by atoms with Gasteiger partial charge in [0.05, 0.1) is 27.9 Å². The molecule has 7 nitrogen and oxygen atoms in total. The Morgan fingerprint density at radius 2 is 1.90 bits per heavy atom. The Morgan fingerprint density at radius 1 is 1.26 bits per heavy atom. The molecule has 0 radical (unpaired) electrons. The van der Waals surface area contributed by atoms with Crippen LogP contribution in [0.2, 0.25) is 0 Å². The Kier molecular flexibility index (Phi) is 6.07. The lowest BCUT2D eigenvalue weighted by molar-refractivity contribution is -0.114. The van der Waals surface area contributed by atoms with Crippen molar-refractivity contribution >= 4 is 45.3 Å². The maximum Gasteiger partial charge on any atom is 0.435 e. The van der Waals surface area contributed by atoms with Gasteiger partial charge >= 0.3 is 12.1 Å². The van der Waals surface area contributed by atoms with Crippen LogP contribution in [-0.4, -0.2) is 40.6 Å². The second kappa shape index (κ2) is 8.42. The zero-order valence-electron chi connectivity index (χ0n) is 15.8. The first-order valence-corrected chi connectivity index (χ1v) is 9.53. The highest BCUT2D eigenvalue weighted by molar-refractivity contribution is 9.10. The van der Waals surface area contributed by atoms with Crippen molar-refractivity contribution in [3.63, 3.8) is 0 Å². The molecule has 1 aliphatic heterocycles. The van der Waals surface area contributed by atoms with Gasteiger partial charge in [0.15, 0.2) is 17.2 Å². The van der Waals surface area contributed by atoms with Crippen LogP contribution in [-0.2, 0) is 4.79 Å². The number of alkyl halides is 3. The Balaban J connectivity index is 2.07. The highest BCUT2D eigenvalue weighted by Gasteiger charge is 2.46. The third-order valence-corrected chi connectivity index (χ3v) is 4.77. The summed E-state index contributed by atoms with van der Waals surface area (Å²) in [7, 11) is 0. The van der Waals surface area contributed by atoms with Gasteiger partial charge in [-0.1, -0.05) is 0 Å². The Hall–Kier alpha value is -3.34. The predicted molar refractivity (Wildman–Crippen MR) is 109 cm³/mol. The smallest absolute Gasteiger partial charge is 0.435 e. The molecule has 31 heavy (non-hydrogen) atoms. The zero-order chi connectivity index (χ0) is 22.9. The van der Waals surface area contributed by atoms with E-state index in [0.29, 0.717) is 5.01 Å². The SMILES string of the molecule is CCOc1cc(/C=C2/C(=O)N(c3ccc(C(=O)O)cc3)N=C2C(F)(F)F)cc(Br)c1O. The van der Waals surface area contributed by atoms with E-state index in [2.05, 4.69) is 21.0 Å². The molecule has 0 saturated heterocycles. The molecule has 0 aliphatic carbocycles. The minimum absolute atomic E-state index is 0.0259. The molecule has 2 aromatic carbocycles. The van der Waals surface area contributed by atoms with E-state index in [1.165, 1.54) is 24.3 Å². The van der Waals surface area contributed by atoms with E-state index in [1.54, 1.807) is 6.92 Å². The number of rotatable bonds is 5. The van der Waals surface area contributed by atoms with Gasteiger partial charge in [-0.2, -0.15) is 23.3 Å². The molecular formula is C20H14BrF3N2O5. The van der Waals surface area contributed by atoms with Crippen LogP contribution in [0.5, 0.6) is 11.5 Å². The summed E-state index contributed by atoms with van der Waals surface area (Å²) in [5.74, 6) is -2.47. The molecule has 0 bridgehead atoms. The summed E-state index contributed by atoms with van der Waals surface area (Å²) in [5.41, 5.74) is -2.07. The molecule has 162 valence electrons. The predicted octanol–water partition coefficient (Wildman–Crippen LogP) is 4.60. The number of phenols is 1. The average molecular weight is 499 g/mol. The van der Waals surface area contributed by atoms with Crippen LogP contribution >= 0.6 is 15.9 Å². The Bertz CT molecular complexity index is 1110. The number of hydrogen-bond acceptors (Lipinski definition) is 5. The van der Waals surface area contributed by atoms with Gasteiger partial charge in [-0.25, -0.2) is 4.79 Å². The van der Waals surface area contributed by atoms with Crippen LogP contribution in [0.15, 0.2) is 51.5 Å². The summed E-state index contributed by atoms with van der Waals surface area (Å²) in [4.78, 5) is 23.7. The highest BCUT2D eigenvalue weighted by atomic mass is 79.9. The quantitative estimate of drug-likeness (QED) is 0.586. The lowest BCUT2D eigenvalue weighted by Crippen LogP contribution is -2.25. The van der Waals surface area contributed by atoms with E-state index in [1.807, 2.05) is 0 Å². The molecule has 1 heterocycles. The standard InChI is InChI=1S/C20H14BrF3N2O5/c1-2-31-15-9-10(8-14(21)16(15)27)7-13-17(20(22,23)24)25-26(18(13)28)12-5-3-11(4-6-12)19(29)30/h3-9,27H,2H2,1H3,(H,29,30)/b13-7+. The van der Waals surface area contributed by atoms with Crippen molar-refractivity contribution in [1.82, 2.24) is 0 Å². The number of carbonyl (C=O) groups is 2. The number of hydrogen-bond donors (Lipinski definition) is 2. The molecule has 0 aromatic heterocycles. The van der Waals surface area contributed by atoms with E-state index in [0.717, 1.165) is 18.2 Å². The van der Waals surface area contributed by atoms with Gasteiger partial charge in [0.25, 0.3) is 5.91 Å². The van der Waals surface area contributed by atoms with Gasteiger partial charge in [-0.15, -0.1) is 0 Å². The van der Waals surface area contributed by atoms with Crippen molar-refractivity contribution in [3.05, 3.63) is 57.6 Å². The third kappa shape index (κ3) is 4.55. The van der Waals surface area contributed by atoms with Gasteiger partial charge in [0.1, 0.15) is 0 Å². The fraction of sp³-hybridized carbons (Fsp3) is 0.150. The van der Waals surface area contributed by atoms with Crippen molar-refractivity contribution in [1.29, 1.82) is 0 Å². The molecule has 0 atom stereocenters. The summed E-state index contributed by atoms with van der Waals surface area (Å²) >= 11 is 3.10. The van der Waals surface area contributed by atoms with E-state index in [4.69, 9.17) is 9.84 Å². The topological polar surface area (TPSA) is 99.4 Å². The molecule has 2 aromatic rings. The van der Waals surface area contributed by atoms with Crippen LogP contribution in [0.1, 0.15) is 22.8 Å². The molecule has 0 saturated carbocycles. The molecule has 11 heteroatoms. The van der Waals surface area contributed by atoms with Gasteiger partial charge in [0.2, 0.25) is 0 Å². The summed E-state index contributed by atoms with van der Waals surface area (Å²) in [6, 6.07) is 7.30. The van der Waals surface area contributed by atoms with Crippen LogP contribution in [0.4, 0.5) is 18.9 Å². The minimum Gasteiger partial charge on any atom is -0.503 e. The summed E-state index contributed by atoms with van der Waals surface area (Å²) in [5, 5.41) is 22.9. The van der Waals surface area contributed by atoms with Crippen molar-refractivity contribution in [2.24, 2.45) is 5.10 Å². The molecule has 1 aliphatic rings. The molecular weight excluding hydrogens is 485 g/mol. The number of carbonyl (C=O) groups excluding carboxylic acids is 1. The van der Waals surface area contributed by atoms with E-state index in [-0.39, 0.29) is 39.4 Å². The second-order valence-electron chi connectivity index (χ2n) is 6.26. The minimum atomic E-state index is -4.92. The maximum absolute atomic E-state index is 13.6. The van der Waals surface area contributed by atoms with Crippen molar-refractivity contribution in [2.45, 2.75) is 13.1 Å². The average Bonchev–Trinajstić information content (AvgIpc) is 3.02. The normalized spacial score (nSPS) is 15.4. The molecule has 1 amide bonds. The van der Waals surface area contributed by atoms with E-state index >= 15 is 0 Å². The first-order chi connectivity index (χ1) is 14.5. The number of anilines is 1. The Labute approximate surface area is 182 Å². The number of benzene rings is 2. The number of phenolic OH excluding ortho intramolecular Hbond substituents is 1. The lowest BCUT2D eigenvalue weighted by Gasteiger charge is -2.12. The summed E-state index contributed by atoms with van der Waals surface area (Å²) in [6.45, 7) is 1.87.